The number of carbonyl (C=O) groups is 2. The number of amides is 2. The Kier molecular flexibility index (Phi) is 12.8. The van der Waals surface area contributed by atoms with Crippen LogP contribution in [0.2, 0.25) is 0 Å². The molecule has 3 aliphatic rings. The van der Waals surface area contributed by atoms with Crippen molar-refractivity contribution in [1.82, 2.24) is 15.1 Å². The summed E-state index contributed by atoms with van der Waals surface area (Å²) in [6.45, 7) is 2.00. The monoisotopic (exact) mass is 681 g/mol. The maximum Gasteiger partial charge on any atom is 0.260 e. The zero-order valence-corrected chi connectivity index (χ0v) is 28.9. The van der Waals surface area contributed by atoms with E-state index >= 15 is 0 Å². The van der Waals surface area contributed by atoms with E-state index in [9.17, 15) is 9.59 Å². The van der Waals surface area contributed by atoms with E-state index in [0.717, 1.165) is 28.9 Å². The number of aliphatic imine (C=N–C) groups is 2. The molecule has 50 heavy (non-hydrogen) atoms. The van der Waals surface area contributed by atoms with Crippen LogP contribution < -0.4 is 19.5 Å². The molecule has 12 heteroatoms. The summed E-state index contributed by atoms with van der Waals surface area (Å²) >= 11 is 0. The van der Waals surface area contributed by atoms with Crippen LogP contribution in [0.5, 0.6) is 17.2 Å². The first kappa shape index (κ1) is 35.9. The molecular formula is C38H43N5O7. The summed E-state index contributed by atoms with van der Waals surface area (Å²) in [4.78, 5) is 37.6. The molecule has 0 fully saturated rings. The van der Waals surface area contributed by atoms with Gasteiger partial charge < -0.3 is 38.8 Å². The lowest BCUT2D eigenvalue weighted by Gasteiger charge is -2.19. The largest absolute Gasteiger partial charge is 0.497 e. The minimum atomic E-state index is -0.189. The fourth-order valence-corrected chi connectivity index (χ4v) is 5.69. The number of rotatable bonds is 16. The van der Waals surface area contributed by atoms with Gasteiger partial charge in [0.1, 0.15) is 18.1 Å². The minimum absolute atomic E-state index is 0.147. The molecule has 2 atom stereocenters. The van der Waals surface area contributed by atoms with Gasteiger partial charge in [0.05, 0.1) is 63.9 Å². The highest BCUT2D eigenvalue weighted by Gasteiger charge is 2.33. The topological polar surface area (TPSA) is 124 Å². The van der Waals surface area contributed by atoms with Gasteiger partial charge in [0.25, 0.3) is 5.91 Å². The summed E-state index contributed by atoms with van der Waals surface area (Å²) in [5, 5.41) is 2.98. The van der Waals surface area contributed by atoms with Crippen LogP contribution in [-0.2, 0) is 14.3 Å². The second kappa shape index (κ2) is 17.9. The van der Waals surface area contributed by atoms with E-state index in [2.05, 4.69) is 27.1 Å². The van der Waals surface area contributed by atoms with Gasteiger partial charge in [-0.05, 0) is 42.5 Å². The van der Waals surface area contributed by atoms with Gasteiger partial charge in [-0.3, -0.25) is 19.6 Å². The number of fused-ring (bicyclic) bond motifs is 2. The second-order valence-corrected chi connectivity index (χ2v) is 11.6. The zero-order chi connectivity index (χ0) is 35.3. The number of nitrogens with one attached hydrogen (secondary N) is 1. The molecule has 3 aliphatic heterocycles. The number of hydrogen-bond acceptors (Lipinski definition) is 10. The van der Waals surface area contributed by atoms with Crippen molar-refractivity contribution in [2.24, 2.45) is 9.98 Å². The Hall–Kier alpha value is -5.38. The highest BCUT2D eigenvalue weighted by atomic mass is 16.5. The molecule has 12 nitrogen and oxygen atoms in total. The van der Waals surface area contributed by atoms with Crippen LogP contribution in [0.15, 0.2) is 76.2 Å². The van der Waals surface area contributed by atoms with Crippen LogP contribution in [-0.4, -0.2) is 108 Å². The molecule has 1 N–H and O–H groups in total. The van der Waals surface area contributed by atoms with Crippen LogP contribution in [0.4, 0.5) is 5.69 Å². The lowest BCUT2D eigenvalue weighted by atomic mass is 10.0. The summed E-state index contributed by atoms with van der Waals surface area (Å²) in [6, 6.07) is 10.9. The zero-order valence-electron chi connectivity index (χ0n) is 28.9. The lowest BCUT2D eigenvalue weighted by Crippen LogP contribution is -2.32. The van der Waals surface area contributed by atoms with Crippen LogP contribution in [0.25, 0.3) is 5.57 Å². The molecule has 0 aliphatic carbocycles. The Morgan fingerprint density at radius 2 is 1.92 bits per heavy atom. The summed E-state index contributed by atoms with van der Waals surface area (Å²) in [7, 11) is 6.62. The van der Waals surface area contributed by atoms with E-state index < -0.39 is 0 Å². The third kappa shape index (κ3) is 8.99. The van der Waals surface area contributed by atoms with E-state index in [1.165, 1.54) is 0 Å². The van der Waals surface area contributed by atoms with Crippen molar-refractivity contribution in [2.75, 3.05) is 61.3 Å². The van der Waals surface area contributed by atoms with Gasteiger partial charge in [0.15, 0.2) is 11.5 Å². The van der Waals surface area contributed by atoms with Crippen LogP contribution >= 0.6 is 0 Å². The molecule has 0 saturated carbocycles. The smallest absolute Gasteiger partial charge is 0.260 e. The number of carbonyl (C=O) groups excluding carboxylic acids is 2. The van der Waals surface area contributed by atoms with Crippen LogP contribution in [0, 0.1) is 11.8 Å². The first-order chi connectivity index (χ1) is 24.5. The Labute approximate surface area is 293 Å². The molecule has 2 amide bonds. The molecule has 2 aromatic carbocycles. The number of ether oxygens (including phenoxy) is 5. The average molecular weight is 682 g/mol. The standard InChI is InChI=1S/C38H43N5O7/c1-39-13-5-7-27-17-30(42(23-27)26-44)21-40-14-12-33(25-46-2)49-15-6-16-50-37-20-35-34(19-36(37)48-4)38(45)43-24-29(18-31(43)22-41-35)28-8-10-32(47-3)11-9-28/h8-12,19-24,26,30-31,39H,6,13-18,25H2,1-4H3/b33-12+,40-21?/t30-,31-/m0/s1. The van der Waals surface area contributed by atoms with E-state index in [1.807, 2.05) is 49.8 Å². The molecule has 0 saturated heterocycles. The van der Waals surface area contributed by atoms with Crippen molar-refractivity contribution < 1.29 is 33.3 Å². The van der Waals surface area contributed by atoms with Gasteiger partial charge in [0, 0.05) is 62.8 Å². The van der Waals surface area contributed by atoms with E-state index in [1.54, 1.807) is 55.7 Å². The Bertz CT molecular complexity index is 1740. The fourth-order valence-electron chi connectivity index (χ4n) is 5.69. The fraction of sp³-hybridized carbons (Fsp3) is 0.368. The van der Waals surface area contributed by atoms with Crippen molar-refractivity contribution >= 4 is 36.0 Å². The number of hydrogen-bond donors (Lipinski definition) is 1. The molecule has 3 heterocycles. The number of benzene rings is 2. The summed E-state index contributed by atoms with van der Waals surface area (Å²) in [5.74, 6) is 8.33. The molecule has 0 spiro atoms. The van der Waals surface area contributed by atoms with E-state index in [4.69, 9.17) is 23.7 Å². The van der Waals surface area contributed by atoms with Gasteiger partial charge in [-0.1, -0.05) is 24.0 Å². The molecule has 0 unspecified atom stereocenters. The molecule has 0 bridgehead atoms. The molecule has 2 aromatic rings. The normalized spacial score (nSPS) is 18.2. The van der Waals surface area contributed by atoms with Crippen molar-refractivity contribution in [1.29, 1.82) is 0 Å². The van der Waals surface area contributed by atoms with Crippen molar-refractivity contribution in [3.8, 4) is 29.1 Å². The maximum atomic E-state index is 13.7. The van der Waals surface area contributed by atoms with Gasteiger partial charge in [-0.15, -0.1) is 0 Å². The SMILES string of the molecule is CNCC#CC1=CN(C=O)[C@H](C=NC/C=C(\COC)OCCCOc2cc3c(cc2OC)C(=O)N2C=C(c4ccc(OC)cc4)C[C@H]2C=N3)C1. The quantitative estimate of drug-likeness (QED) is 0.0910. The number of methoxy groups -OCH3 is 3. The third-order valence-corrected chi connectivity index (χ3v) is 8.25. The van der Waals surface area contributed by atoms with Crippen molar-refractivity contribution in [3.63, 3.8) is 0 Å². The summed E-state index contributed by atoms with van der Waals surface area (Å²) in [6.07, 6.45) is 11.8. The van der Waals surface area contributed by atoms with Gasteiger partial charge >= 0.3 is 0 Å². The first-order valence-electron chi connectivity index (χ1n) is 16.4. The Morgan fingerprint density at radius 1 is 1.08 bits per heavy atom. The molecular weight excluding hydrogens is 638 g/mol. The molecule has 0 aromatic heterocycles. The summed E-state index contributed by atoms with van der Waals surface area (Å²) in [5.41, 5.74) is 3.97. The molecule has 5 rings (SSSR count). The molecule has 262 valence electrons. The van der Waals surface area contributed by atoms with Crippen LogP contribution in [0.3, 0.4) is 0 Å². The number of nitrogens with zero attached hydrogens (tertiary/aromatic N) is 4. The van der Waals surface area contributed by atoms with E-state index in [-0.39, 0.29) is 18.0 Å². The van der Waals surface area contributed by atoms with Gasteiger partial charge in [-0.25, -0.2) is 0 Å². The second-order valence-electron chi connectivity index (χ2n) is 11.6. The predicted molar refractivity (Wildman–Crippen MR) is 192 cm³/mol. The van der Waals surface area contributed by atoms with E-state index in [0.29, 0.717) is 80.7 Å². The minimum Gasteiger partial charge on any atom is -0.497 e. The summed E-state index contributed by atoms with van der Waals surface area (Å²) < 4.78 is 28.2. The molecule has 0 radical (unpaired) electrons. The van der Waals surface area contributed by atoms with Crippen LogP contribution in [0.1, 0.15) is 35.2 Å². The first-order valence-corrected chi connectivity index (χ1v) is 16.4. The Balaban J connectivity index is 1.13. The average Bonchev–Trinajstić information content (AvgIpc) is 3.73. The highest BCUT2D eigenvalue weighted by molar-refractivity contribution is 6.05. The Morgan fingerprint density at radius 3 is 2.66 bits per heavy atom. The lowest BCUT2D eigenvalue weighted by molar-refractivity contribution is -0.116. The maximum absolute atomic E-state index is 13.7. The predicted octanol–water partition coefficient (Wildman–Crippen LogP) is 4.40. The van der Waals surface area contributed by atoms with Crippen molar-refractivity contribution in [2.45, 2.75) is 31.3 Å². The van der Waals surface area contributed by atoms with Gasteiger partial charge in [0.2, 0.25) is 6.41 Å². The van der Waals surface area contributed by atoms with Gasteiger partial charge in [-0.2, -0.15) is 0 Å². The highest BCUT2D eigenvalue weighted by Crippen LogP contribution is 2.40. The third-order valence-electron chi connectivity index (χ3n) is 8.25. The van der Waals surface area contributed by atoms with Crippen molar-refractivity contribution in [3.05, 3.63) is 77.3 Å².